The summed E-state index contributed by atoms with van der Waals surface area (Å²) in [7, 11) is 1.21. The van der Waals surface area contributed by atoms with Crippen LogP contribution in [0.15, 0.2) is 87.9 Å². The van der Waals surface area contributed by atoms with E-state index in [0.29, 0.717) is 23.5 Å². The fourth-order valence-corrected chi connectivity index (χ4v) is 4.30. The average molecular weight is 630 g/mol. The number of urea groups is 1. The summed E-state index contributed by atoms with van der Waals surface area (Å²) >= 11 is 3.39. The minimum atomic E-state index is -0.770. The van der Waals surface area contributed by atoms with Crippen molar-refractivity contribution in [2.45, 2.75) is 13.5 Å². The van der Waals surface area contributed by atoms with E-state index >= 15 is 0 Å². The number of halogens is 1. The van der Waals surface area contributed by atoms with Gasteiger partial charge in [0.1, 0.15) is 5.69 Å². The van der Waals surface area contributed by atoms with Crippen LogP contribution in [0.25, 0.3) is 28.7 Å². The molecule has 0 aliphatic carbocycles. The van der Waals surface area contributed by atoms with Crippen molar-refractivity contribution in [3.63, 3.8) is 0 Å². The molecule has 0 aliphatic heterocycles. The van der Waals surface area contributed by atoms with Crippen LogP contribution in [0.4, 0.5) is 16.2 Å². The third-order valence-corrected chi connectivity index (χ3v) is 6.47. The summed E-state index contributed by atoms with van der Waals surface area (Å²) in [5.41, 5.74) is 2.48. The Kier molecular flexibility index (Phi) is 8.39. The van der Waals surface area contributed by atoms with Gasteiger partial charge in [-0.2, -0.15) is 10.1 Å². The predicted molar refractivity (Wildman–Crippen MR) is 158 cm³/mol. The molecule has 0 fully saturated rings. The number of benzene rings is 3. The van der Waals surface area contributed by atoms with Crippen LogP contribution in [0.1, 0.15) is 23.0 Å². The zero-order chi connectivity index (χ0) is 29.6. The quantitative estimate of drug-likeness (QED) is 0.192. The van der Waals surface area contributed by atoms with Crippen LogP contribution in [0.2, 0.25) is 0 Å². The molecule has 0 unspecified atom stereocenters. The highest BCUT2D eigenvalue weighted by Gasteiger charge is 2.29. The summed E-state index contributed by atoms with van der Waals surface area (Å²) in [6.07, 6.45) is 0. The SMILES string of the molecule is COC(=O)c1c(NC(C)=O)c(-c2noc(-c3ccc(Br)cc3)n2)nn1-c1cccc(NC(=O)NCc2ccccc2)c1. The molecule has 0 aliphatic rings. The first kappa shape index (κ1) is 28.2. The van der Waals surface area contributed by atoms with Crippen molar-refractivity contribution in [3.05, 3.63) is 94.6 Å². The molecule has 42 heavy (non-hydrogen) atoms. The fraction of sp³-hybridized carbons (Fsp3) is 0.103. The maximum atomic E-state index is 13.0. The Morgan fingerprint density at radius 3 is 2.45 bits per heavy atom. The lowest BCUT2D eigenvalue weighted by atomic mass is 10.2. The summed E-state index contributed by atoms with van der Waals surface area (Å²) < 4.78 is 12.6. The first-order valence-electron chi connectivity index (χ1n) is 12.6. The van der Waals surface area contributed by atoms with Gasteiger partial charge in [0.15, 0.2) is 11.4 Å². The molecule has 12 nitrogen and oxygen atoms in total. The zero-order valence-electron chi connectivity index (χ0n) is 22.4. The van der Waals surface area contributed by atoms with E-state index in [1.807, 2.05) is 42.5 Å². The number of methoxy groups -OCH3 is 1. The molecule has 13 heteroatoms. The molecule has 0 saturated carbocycles. The van der Waals surface area contributed by atoms with Gasteiger partial charge in [0, 0.05) is 29.2 Å². The second kappa shape index (κ2) is 12.5. The molecule has 0 atom stereocenters. The van der Waals surface area contributed by atoms with Gasteiger partial charge in [-0.1, -0.05) is 57.5 Å². The van der Waals surface area contributed by atoms with Crippen molar-refractivity contribution >= 4 is 45.2 Å². The molecule has 0 bridgehead atoms. The molecule has 2 heterocycles. The maximum absolute atomic E-state index is 13.0. The number of nitrogens with zero attached hydrogens (tertiary/aromatic N) is 4. The van der Waals surface area contributed by atoms with Gasteiger partial charge < -0.3 is 25.2 Å². The lowest BCUT2D eigenvalue weighted by molar-refractivity contribution is -0.114. The number of hydrogen-bond acceptors (Lipinski definition) is 8. The number of amides is 3. The highest BCUT2D eigenvalue weighted by atomic mass is 79.9. The Bertz CT molecular complexity index is 1750. The smallest absolute Gasteiger partial charge is 0.359 e. The zero-order valence-corrected chi connectivity index (χ0v) is 24.0. The van der Waals surface area contributed by atoms with E-state index in [0.717, 1.165) is 10.0 Å². The van der Waals surface area contributed by atoms with Crippen molar-refractivity contribution in [2.75, 3.05) is 17.7 Å². The van der Waals surface area contributed by atoms with Gasteiger partial charge in [-0.15, -0.1) is 0 Å². The van der Waals surface area contributed by atoms with E-state index in [4.69, 9.17) is 9.26 Å². The third kappa shape index (κ3) is 6.36. The highest BCUT2D eigenvalue weighted by molar-refractivity contribution is 9.10. The average Bonchev–Trinajstić information content (AvgIpc) is 3.62. The van der Waals surface area contributed by atoms with Crippen molar-refractivity contribution in [1.29, 1.82) is 0 Å². The van der Waals surface area contributed by atoms with E-state index in [1.54, 1.807) is 36.4 Å². The normalized spacial score (nSPS) is 10.6. The number of ether oxygens (including phenoxy) is 1. The van der Waals surface area contributed by atoms with Gasteiger partial charge in [0.05, 0.1) is 12.8 Å². The van der Waals surface area contributed by atoms with Crippen LogP contribution < -0.4 is 16.0 Å². The van der Waals surface area contributed by atoms with Crippen LogP contribution >= 0.6 is 15.9 Å². The maximum Gasteiger partial charge on any atom is 0.359 e. The molecule has 5 rings (SSSR count). The third-order valence-electron chi connectivity index (χ3n) is 5.94. The van der Waals surface area contributed by atoms with Gasteiger partial charge in [-0.05, 0) is 48.0 Å². The van der Waals surface area contributed by atoms with Gasteiger partial charge in [0.25, 0.3) is 5.89 Å². The van der Waals surface area contributed by atoms with Crippen LogP contribution in [0.3, 0.4) is 0 Å². The molecule has 212 valence electrons. The lowest BCUT2D eigenvalue weighted by Crippen LogP contribution is -2.28. The molecule has 3 aromatic carbocycles. The van der Waals surface area contributed by atoms with Crippen molar-refractivity contribution < 1.29 is 23.6 Å². The summed E-state index contributed by atoms with van der Waals surface area (Å²) in [6, 6.07) is 23.0. The van der Waals surface area contributed by atoms with Gasteiger partial charge in [0.2, 0.25) is 11.7 Å². The topological polar surface area (TPSA) is 153 Å². The first-order chi connectivity index (χ1) is 20.3. The Morgan fingerprint density at radius 2 is 1.74 bits per heavy atom. The number of hydrogen-bond donors (Lipinski definition) is 3. The highest BCUT2D eigenvalue weighted by Crippen LogP contribution is 2.33. The number of esters is 1. The largest absolute Gasteiger partial charge is 0.464 e. The van der Waals surface area contributed by atoms with Crippen LogP contribution in [0.5, 0.6) is 0 Å². The number of carbonyl (C=O) groups is 3. The number of rotatable bonds is 8. The summed E-state index contributed by atoms with van der Waals surface area (Å²) in [6.45, 7) is 1.64. The molecule has 3 amide bonds. The molecular weight excluding hydrogens is 606 g/mol. The van der Waals surface area contributed by atoms with E-state index in [9.17, 15) is 14.4 Å². The van der Waals surface area contributed by atoms with Gasteiger partial charge >= 0.3 is 12.0 Å². The molecule has 0 radical (unpaired) electrons. The Morgan fingerprint density at radius 1 is 0.976 bits per heavy atom. The second-order valence-electron chi connectivity index (χ2n) is 8.93. The number of carbonyl (C=O) groups excluding carboxylic acids is 3. The van der Waals surface area contributed by atoms with E-state index in [2.05, 4.69) is 47.1 Å². The first-order valence-corrected chi connectivity index (χ1v) is 13.4. The van der Waals surface area contributed by atoms with Crippen molar-refractivity contribution in [3.8, 4) is 28.7 Å². The van der Waals surface area contributed by atoms with Crippen LogP contribution in [-0.4, -0.2) is 44.9 Å². The minimum Gasteiger partial charge on any atom is -0.464 e. The van der Waals surface area contributed by atoms with Gasteiger partial charge in [-0.3, -0.25) is 4.79 Å². The molecular formula is C29H24BrN7O5. The lowest BCUT2D eigenvalue weighted by Gasteiger charge is -2.11. The second-order valence-corrected chi connectivity index (χ2v) is 9.85. The molecule has 0 spiro atoms. The standard InChI is InChI=1S/C29H24BrN7O5/c1-17(38)32-23-24(26-34-27(42-36-26)19-11-13-20(30)14-12-19)35-37(25(23)28(39)41-2)22-10-6-9-21(15-22)33-29(40)31-16-18-7-4-3-5-8-18/h3-15H,16H2,1-2H3,(H,32,38)(H2,31,33,40). The summed E-state index contributed by atoms with van der Waals surface area (Å²) in [5, 5.41) is 16.8. The Hall–Kier alpha value is -5.30. The number of anilines is 2. The van der Waals surface area contributed by atoms with Gasteiger partial charge in [-0.25, -0.2) is 14.3 Å². The fourth-order valence-electron chi connectivity index (χ4n) is 4.04. The van der Waals surface area contributed by atoms with E-state index < -0.39 is 17.9 Å². The minimum absolute atomic E-state index is 0.0372. The molecule has 2 aromatic heterocycles. The number of aromatic nitrogens is 4. The number of nitrogens with one attached hydrogen (secondary N) is 3. The van der Waals surface area contributed by atoms with E-state index in [-0.39, 0.29) is 28.8 Å². The Labute approximate surface area is 248 Å². The van der Waals surface area contributed by atoms with Crippen molar-refractivity contribution in [2.24, 2.45) is 0 Å². The predicted octanol–water partition coefficient (Wildman–Crippen LogP) is 5.42. The van der Waals surface area contributed by atoms with Crippen molar-refractivity contribution in [1.82, 2.24) is 25.2 Å². The van der Waals surface area contributed by atoms with Crippen LogP contribution in [0, 0.1) is 0 Å². The Balaban J connectivity index is 1.50. The monoisotopic (exact) mass is 629 g/mol. The summed E-state index contributed by atoms with van der Waals surface area (Å²) in [4.78, 5) is 42.2. The van der Waals surface area contributed by atoms with Crippen LogP contribution in [-0.2, 0) is 16.1 Å². The molecule has 0 saturated heterocycles. The summed E-state index contributed by atoms with van der Waals surface area (Å²) in [5.74, 6) is -0.973. The molecule has 5 aromatic rings. The molecule has 3 N–H and O–H groups in total. The van der Waals surface area contributed by atoms with E-state index in [1.165, 1.54) is 18.7 Å².